The second kappa shape index (κ2) is 2.54. The monoisotopic (exact) mass is 184 g/mol. The molecule has 2 heterocycles. The van der Waals surface area contributed by atoms with Gasteiger partial charge in [-0.3, -0.25) is 9.79 Å². The Morgan fingerprint density at radius 1 is 1.29 bits per heavy atom. The van der Waals surface area contributed by atoms with Crippen molar-refractivity contribution in [2.75, 3.05) is 0 Å². The van der Waals surface area contributed by atoms with Crippen LogP contribution in [0.15, 0.2) is 52.8 Å². The third-order valence-corrected chi connectivity index (χ3v) is 2.54. The molecule has 0 aromatic carbocycles. The lowest BCUT2D eigenvalue weighted by Crippen LogP contribution is -2.43. The zero-order chi connectivity index (χ0) is 9.54. The van der Waals surface area contributed by atoms with Crippen molar-refractivity contribution in [1.82, 2.24) is 4.90 Å². The van der Waals surface area contributed by atoms with E-state index < -0.39 is 0 Å². The molecule has 3 heteroatoms. The van der Waals surface area contributed by atoms with Crippen LogP contribution in [0.3, 0.4) is 0 Å². The predicted octanol–water partition coefficient (Wildman–Crippen LogP) is 1.18. The highest BCUT2D eigenvalue weighted by Gasteiger charge is 2.32. The minimum atomic E-state index is -0.0516. The number of carbonyl (C=O) groups excluding carboxylic acids is 1. The molecule has 2 aliphatic heterocycles. The fraction of sp³-hybridized carbons (Fsp3) is 0.0909. The summed E-state index contributed by atoms with van der Waals surface area (Å²) in [4.78, 5) is 17.3. The molecule has 0 aromatic rings. The second-order valence-electron chi connectivity index (χ2n) is 3.37. The Morgan fingerprint density at radius 3 is 3.14 bits per heavy atom. The van der Waals surface area contributed by atoms with E-state index >= 15 is 0 Å². The second-order valence-corrected chi connectivity index (χ2v) is 3.37. The zero-order valence-electron chi connectivity index (χ0n) is 7.42. The standard InChI is InChI=1S/C11H8N2O/c14-10-7-12-9-5-1-3-8-4-2-6-13(10)11(8)9/h1-7,11H. The lowest BCUT2D eigenvalue weighted by atomic mass is 9.94. The number of hydrogen-bond donors (Lipinski definition) is 0. The smallest absolute Gasteiger partial charge is 0.269 e. The van der Waals surface area contributed by atoms with Crippen LogP contribution < -0.4 is 0 Å². The number of rotatable bonds is 0. The van der Waals surface area contributed by atoms with Gasteiger partial charge in [0.25, 0.3) is 5.91 Å². The third-order valence-electron chi connectivity index (χ3n) is 2.54. The van der Waals surface area contributed by atoms with Gasteiger partial charge in [0.2, 0.25) is 0 Å². The lowest BCUT2D eigenvalue weighted by molar-refractivity contribution is -0.122. The molecule has 1 unspecified atom stereocenters. The van der Waals surface area contributed by atoms with E-state index in [1.54, 1.807) is 11.1 Å². The number of aliphatic imine (C=N–C) groups is 1. The Balaban J connectivity index is 2.20. The molecule has 68 valence electrons. The highest BCUT2D eigenvalue weighted by molar-refractivity contribution is 6.27. The minimum Gasteiger partial charge on any atom is -0.301 e. The largest absolute Gasteiger partial charge is 0.301 e. The Labute approximate surface area is 81.4 Å². The summed E-state index contributed by atoms with van der Waals surface area (Å²) < 4.78 is 0. The van der Waals surface area contributed by atoms with Crippen molar-refractivity contribution in [1.29, 1.82) is 0 Å². The highest BCUT2D eigenvalue weighted by Crippen LogP contribution is 2.30. The SMILES string of the molecule is O=C1C=NC2=CC=CC3=CC=CN1C32. The average Bonchev–Trinajstić information content (AvgIpc) is 2.24. The van der Waals surface area contributed by atoms with Gasteiger partial charge >= 0.3 is 0 Å². The molecule has 0 saturated carbocycles. The summed E-state index contributed by atoms with van der Waals surface area (Å²) in [6.07, 6.45) is 13.0. The summed E-state index contributed by atoms with van der Waals surface area (Å²) in [5, 5.41) is 0. The van der Waals surface area contributed by atoms with E-state index in [1.807, 2.05) is 30.4 Å². The molecule has 1 aliphatic carbocycles. The fourth-order valence-electron chi connectivity index (χ4n) is 1.90. The summed E-state index contributed by atoms with van der Waals surface area (Å²) in [6, 6.07) is 0.00231. The van der Waals surface area contributed by atoms with E-state index in [2.05, 4.69) is 4.99 Å². The molecular formula is C11H8N2O. The van der Waals surface area contributed by atoms with Gasteiger partial charge in [-0.1, -0.05) is 18.2 Å². The Bertz CT molecular complexity index is 452. The van der Waals surface area contributed by atoms with Gasteiger partial charge in [0.15, 0.2) is 0 Å². The summed E-state index contributed by atoms with van der Waals surface area (Å²) in [5.41, 5.74) is 2.05. The molecule has 3 rings (SSSR count). The van der Waals surface area contributed by atoms with E-state index in [-0.39, 0.29) is 11.9 Å². The molecule has 3 nitrogen and oxygen atoms in total. The highest BCUT2D eigenvalue weighted by atomic mass is 16.2. The Morgan fingerprint density at radius 2 is 2.21 bits per heavy atom. The van der Waals surface area contributed by atoms with Crippen LogP contribution in [-0.2, 0) is 4.79 Å². The van der Waals surface area contributed by atoms with Gasteiger partial charge in [0.1, 0.15) is 6.04 Å². The van der Waals surface area contributed by atoms with Crippen LogP contribution in [0.1, 0.15) is 0 Å². The van der Waals surface area contributed by atoms with Crippen LogP contribution in [0.4, 0.5) is 0 Å². The van der Waals surface area contributed by atoms with E-state index in [0.717, 1.165) is 11.3 Å². The number of allylic oxidation sites excluding steroid dienone is 4. The molecule has 0 N–H and O–H groups in total. The number of nitrogens with zero attached hydrogens (tertiary/aromatic N) is 2. The van der Waals surface area contributed by atoms with Crippen LogP contribution in [-0.4, -0.2) is 23.1 Å². The van der Waals surface area contributed by atoms with Crippen molar-refractivity contribution in [2.24, 2.45) is 4.99 Å². The van der Waals surface area contributed by atoms with Gasteiger partial charge in [-0.25, -0.2) is 0 Å². The molecule has 0 saturated heterocycles. The van der Waals surface area contributed by atoms with Crippen molar-refractivity contribution in [3.8, 4) is 0 Å². The molecule has 0 spiro atoms. The van der Waals surface area contributed by atoms with Crippen molar-refractivity contribution in [3.05, 3.63) is 47.9 Å². The number of hydrogen-bond acceptors (Lipinski definition) is 2. The first-order valence-corrected chi connectivity index (χ1v) is 4.49. The summed E-state index contributed by atoms with van der Waals surface area (Å²) in [5.74, 6) is -0.0516. The van der Waals surface area contributed by atoms with Crippen LogP contribution >= 0.6 is 0 Å². The first-order valence-electron chi connectivity index (χ1n) is 4.49. The fourth-order valence-corrected chi connectivity index (χ4v) is 1.90. The topological polar surface area (TPSA) is 32.7 Å². The summed E-state index contributed by atoms with van der Waals surface area (Å²) in [7, 11) is 0. The third kappa shape index (κ3) is 0.865. The van der Waals surface area contributed by atoms with Gasteiger partial charge in [0.05, 0.1) is 11.9 Å². The van der Waals surface area contributed by atoms with Crippen molar-refractivity contribution < 1.29 is 4.79 Å². The average molecular weight is 184 g/mol. The minimum absolute atomic E-state index is 0.00231. The first kappa shape index (κ1) is 7.50. The summed E-state index contributed by atoms with van der Waals surface area (Å²) in [6.45, 7) is 0. The molecule has 0 fully saturated rings. The molecule has 1 amide bonds. The number of amides is 1. The zero-order valence-corrected chi connectivity index (χ0v) is 7.42. The molecule has 0 aromatic heterocycles. The number of carbonyl (C=O) groups is 1. The Kier molecular flexibility index (Phi) is 1.36. The molecular weight excluding hydrogens is 176 g/mol. The molecule has 1 atom stereocenters. The maximum absolute atomic E-state index is 11.5. The van der Waals surface area contributed by atoms with Crippen molar-refractivity contribution >= 4 is 12.1 Å². The first-order chi connectivity index (χ1) is 6.86. The van der Waals surface area contributed by atoms with Crippen LogP contribution in [0, 0.1) is 0 Å². The maximum Gasteiger partial charge on any atom is 0.269 e. The van der Waals surface area contributed by atoms with Crippen molar-refractivity contribution in [2.45, 2.75) is 6.04 Å². The van der Waals surface area contributed by atoms with Gasteiger partial charge in [-0.2, -0.15) is 0 Å². The van der Waals surface area contributed by atoms with E-state index in [0.29, 0.717) is 0 Å². The molecule has 0 radical (unpaired) electrons. The predicted molar refractivity (Wildman–Crippen MR) is 53.6 cm³/mol. The van der Waals surface area contributed by atoms with Gasteiger partial charge in [-0.05, 0) is 17.7 Å². The van der Waals surface area contributed by atoms with Crippen LogP contribution in [0.5, 0.6) is 0 Å². The van der Waals surface area contributed by atoms with Crippen LogP contribution in [0.2, 0.25) is 0 Å². The molecule has 3 aliphatic rings. The quantitative estimate of drug-likeness (QED) is 0.556. The molecule has 0 bridgehead atoms. The Hall–Kier alpha value is -1.90. The lowest BCUT2D eigenvalue weighted by Gasteiger charge is -2.35. The summed E-state index contributed by atoms with van der Waals surface area (Å²) >= 11 is 0. The van der Waals surface area contributed by atoms with Gasteiger partial charge in [-0.15, -0.1) is 0 Å². The van der Waals surface area contributed by atoms with Crippen LogP contribution in [0.25, 0.3) is 0 Å². The van der Waals surface area contributed by atoms with E-state index in [4.69, 9.17) is 0 Å². The van der Waals surface area contributed by atoms with Gasteiger partial charge < -0.3 is 4.90 Å². The van der Waals surface area contributed by atoms with Crippen molar-refractivity contribution in [3.63, 3.8) is 0 Å². The normalized spacial score (nSPS) is 27.3. The van der Waals surface area contributed by atoms with E-state index in [1.165, 1.54) is 6.21 Å². The van der Waals surface area contributed by atoms with E-state index in [9.17, 15) is 4.79 Å². The van der Waals surface area contributed by atoms with Gasteiger partial charge in [0, 0.05) is 6.20 Å². The maximum atomic E-state index is 11.5. The molecule has 14 heavy (non-hydrogen) atoms.